The van der Waals surface area contributed by atoms with Gasteiger partial charge in [0, 0.05) is 24.4 Å². The van der Waals surface area contributed by atoms with Crippen LogP contribution in [0.3, 0.4) is 0 Å². The molecule has 0 saturated carbocycles. The van der Waals surface area contributed by atoms with E-state index < -0.39 is 5.97 Å². The summed E-state index contributed by atoms with van der Waals surface area (Å²) in [6, 6.07) is 9.42. The lowest BCUT2D eigenvalue weighted by molar-refractivity contribution is -0.118. The number of nitrogens with one attached hydrogen (secondary N) is 1. The van der Waals surface area contributed by atoms with Crippen LogP contribution < -0.4 is 10.1 Å². The third-order valence-corrected chi connectivity index (χ3v) is 4.68. The summed E-state index contributed by atoms with van der Waals surface area (Å²) in [4.78, 5) is 39.6. The Kier molecular flexibility index (Phi) is 6.92. The van der Waals surface area contributed by atoms with Gasteiger partial charge in [0.1, 0.15) is 23.2 Å². The Morgan fingerprint density at radius 2 is 1.87 bits per heavy atom. The molecule has 1 amide bonds. The number of esters is 1. The fourth-order valence-corrected chi connectivity index (χ4v) is 3.22. The number of fused-ring (bicyclic) bond motifs is 1. The number of amides is 1. The van der Waals surface area contributed by atoms with Gasteiger partial charge in [-0.3, -0.25) is 9.78 Å². The maximum atomic E-state index is 13.2. The number of aldehydes is 1. The number of rotatable bonds is 8. The van der Waals surface area contributed by atoms with Gasteiger partial charge in [0.05, 0.1) is 19.9 Å². The maximum Gasteiger partial charge on any atom is 0.341 e. The Balaban J connectivity index is 2.10. The molecule has 0 radical (unpaired) electrons. The van der Waals surface area contributed by atoms with Crippen molar-refractivity contribution in [1.82, 2.24) is 4.98 Å². The standard InChI is InChI=1S/C23H21FN2O5/c1-30-22-18(23(29)31-2)12-19(26-20(28)4-3-9-27)17-11-15(13-25-21(17)22)10-14-5-7-16(24)8-6-14/h5-9,11-13H,3-4,10H2,1-2H3,(H,26,28). The van der Waals surface area contributed by atoms with Gasteiger partial charge in [-0.05, 0) is 41.8 Å². The van der Waals surface area contributed by atoms with Gasteiger partial charge in [0.25, 0.3) is 0 Å². The lowest BCUT2D eigenvalue weighted by atomic mass is 10.0. The number of ether oxygens (including phenoxy) is 2. The number of halogens is 1. The highest BCUT2D eigenvalue weighted by Crippen LogP contribution is 2.35. The number of hydrogen-bond acceptors (Lipinski definition) is 6. The van der Waals surface area contributed by atoms with Crippen molar-refractivity contribution in [2.24, 2.45) is 0 Å². The number of methoxy groups -OCH3 is 2. The molecule has 0 aliphatic rings. The van der Waals surface area contributed by atoms with Gasteiger partial charge in [-0.2, -0.15) is 0 Å². The highest BCUT2D eigenvalue weighted by atomic mass is 19.1. The molecule has 31 heavy (non-hydrogen) atoms. The summed E-state index contributed by atoms with van der Waals surface area (Å²) in [5.74, 6) is -1.11. The second-order valence-electron chi connectivity index (χ2n) is 6.79. The molecular formula is C23H21FN2O5. The van der Waals surface area contributed by atoms with Crippen LogP contribution in [0.5, 0.6) is 5.75 Å². The largest absolute Gasteiger partial charge is 0.494 e. The van der Waals surface area contributed by atoms with E-state index in [-0.39, 0.29) is 35.9 Å². The molecule has 7 nitrogen and oxygen atoms in total. The van der Waals surface area contributed by atoms with Gasteiger partial charge in [-0.1, -0.05) is 12.1 Å². The highest BCUT2D eigenvalue weighted by Gasteiger charge is 2.21. The Morgan fingerprint density at radius 3 is 2.52 bits per heavy atom. The van der Waals surface area contributed by atoms with Gasteiger partial charge in [-0.25, -0.2) is 9.18 Å². The number of carbonyl (C=O) groups is 3. The molecule has 1 N–H and O–H groups in total. The molecule has 0 aliphatic heterocycles. The first-order valence-corrected chi connectivity index (χ1v) is 9.52. The van der Waals surface area contributed by atoms with Crippen LogP contribution in [0.4, 0.5) is 10.1 Å². The van der Waals surface area contributed by atoms with Gasteiger partial charge >= 0.3 is 5.97 Å². The van der Waals surface area contributed by atoms with Crippen LogP contribution in [0.2, 0.25) is 0 Å². The van der Waals surface area contributed by atoms with E-state index in [9.17, 15) is 18.8 Å². The number of aromatic nitrogens is 1. The third kappa shape index (κ3) is 5.03. The SMILES string of the molecule is COC(=O)c1cc(NC(=O)CCC=O)c2cc(Cc3ccc(F)cc3)cnc2c1OC. The highest BCUT2D eigenvalue weighted by molar-refractivity contribution is 6.09. The summed E-state index contributed by atoms with van der Waals surface area (Å²) in [5, 5.41) is 3.30. The smallest absolute Gasteiger partial charge is 0.341 e. The summed E-state index contributed by atoms with van der Waals surface area (Å²) in [6.07, 6.45) is 2.87. The molecule has 160 valence electrons. The second-order valence-corrected chi connectivity index (χ2v) is 6.79. The fraction of sp³-hybridized carbons (Fsp3) is 0.217. The molecule has 0 aliphatic carbocycles. The van der Waals surface area contributed by atoms with Crippen LogP contribution in [0.25, 0.3) is 10.9 Å². The van der Waals surface area contributed by atoms with Crippen molar-refractivity contribution >= 4 is 34.8 Å². The van der Waals surface area contributed by atoms with Crippen molar-refractivity contribution in [1.29, 1.82) is 0 Å². The van der Waals surface area contributed by atoms with Crippen LogP contribution in [0, 0.1) is 5.82 Å². The number of anilines is 1. The molecule has 0 bridgehead atoms. The zero-order valence-electron chi connectivity index (χ0n) is 17.1. The lowest BCUT2D eigenvalue weighted by Gasteiger charge is -2.15. The average molecular weight is 424 g/mol. The molecule has 1 aromatic heterocycles. The summed E-state index contributed by atoms with van der Waals surface area (Å²) >= 11 is 0. The first-order valence-electron chi connectivity index (χ1n) is 9.52. The fourth-order valence-electron chi connectivity index (χ4n) is 3.22. The molecular weight excluding hydrogens is 403 g/mol. The number of benzene rings is 2. The first-order chi connectivity index (χ1) is 15.0. The van der Waals surface area contributed by atoms with Crippen molar-refractivity contribution in [3.8, 4) is 5.75 Å². The molecule has 8 heteroatoms. The number of hydrogen-bond donors (Lipinski definition) is 1. The Labute approximate surface area is 178 Å². The van der Waals surface area contributed by atoms with E-state index in [1.807, 2.05) is 6.07 Å². The van der Waals surface area contributed by atoms with Crippen molar-refractivity contribution < 1.29 is 28.2 Å². The van der Waals surface area contributed by atoms with Crippen molar-refractivity contribution in [3.63, 3.8) is 0 Å². The van der Waals surface area contributed by atoms with Crippen molar-refractivity contribution in [2.45, 2.75) is 19.3 Å². The van der Waals surface area contributed by atoms with E-state index in [4.69, 9.17) is 9.47 Å². The van der Waals surface area contributed by atoms with Gasteiger partial charge in [0.15, 0.2) is 5.75 Å². The first kappa shape index (κ1) is 21.9. The van der Waals surface area contributed by atoms with Crippen LogP contribution in [-0.4, -0.2) is 37.4 Å². The number of carbonyl (C=O) groups excluding carboxylic acids is 3. The minimum atomic E-state index is -0.640. The predicted octanol–water partition coefficient (Wildman–Crippen LogP) is 3.68. The van der Waals surface area contributed by atoms with Crippen LogP contribution >= 0.6 is 0 Å². The quantitative estimate of drug-likeness (QED) is 0.438. The molecule has 0 fully saturated rings. The second kappa shape index (κ2) is 9.80. The zero-order chi connectivity index (χ0) is 22.4. The molecule has 3 aromatic rings. The minimum absolute atomic E-state index is 0.00722. The predicted molar refractivity (Wildman–Crippen MR) is 113 cm³/mol. The van der Waals surface area contributed by atoms with E-state index in [1.54, 1.807) is 18.3 Å². The average Bonchev–Trinajstić information content (AvgIpc) is 2.78. The van der Waals surface area contributed by atoms with E-state index >= 15 is 0 Å². The Bertz CT molecular complexity index is 1130. The third-order valence-electron chi connectivity index (χ3n) is 4.68. The van der Waals surface area contributed by atoms with Crippen LogP contribution in [0.1, 0.15) is 34.3 Å². The van der Waals surface area contributed by atoms with Crippen LogP contribution in [-0.2, 0) is 20.7 Å². The maximum absolute atomic E-state index is 13.2. The van der Waals surface area contributed by atoms with E-state index in [0.717, 1.165) is 11.1 Å². The summed E-state index contributed by atoms with van der Waals surface area (Å²) in [6.45, 7) is 0. The van der Waals surface area contributed by atoms with E-state index in [2.05, 4.69) is 10.3 Å². The van der Waals surface area contributed by atoms with Crippen molar-refractivity contribution in [2.75, 3.05) is 19.5 Å². The van der Waals surface area contributed by atoms with Gasteiger partial charge < -0.3 is 19.6 Å². The molecule has 0 spiro atoms. The topological polar surface area (TPSA) is 94.6 Å². The molecule has 1 heterocycles. The lowest BCUT2D eigenvalue weighted by Crippen LogP contribution is -2.14. The monoisotopic (exact) mass is 424 g/mol. The van der Waals surface area contributed by atoms with E-state index in [0.29, 0.717) is 29.3 Å². The molecule has 3 rings (SSSR count). The van der Waals surface area contributed by atoms with Gasteiger partial charge in [-0.15, -0.1) is 0 Å². The normalized spacial score (nSPS) is 10.5. The number of nitrogens with zero attached hydrogens (tertiary/aromatic N) is 1. The van der Waals surface area contributed by atoms with Gasteiger partial charge in [0.2, 0.25) is 5.91 Å². The molecule has 0 unspecified atom stereocenters. The Hall–Kier alpha value is -3.81. The molecule has 0 atom stereocenters. The summed E-state index contributed by atoms with van der Waals surface area (Å²) in [5.41, 5.74) is 2.54. The zero-order valence-corrected chi connectivity index (χ0v) is 17.1. The summed E-state index contributed by atoms with van der Waals surface area (Å²) in [7, 11) is 2.66. The van der Waals surface area contributed by atoms with Crippen molar-refractivity contribution in [3.05, 3.63) is 65.1 Å². The summed E-state index contributed by atoms with van der Waals surface area (Å²) < 4.78 is 23.4. The number of pyridine rings is 1. The molecule has 2 aromatic carbocycles. The Morgan fingerprint density at radius 1 is 1.13 bits per heavy atom. The molecule has 0 saturated heterocycles. The van der Waals surface area contributed by atoms with Crippen LogP contribution in [0.15, 0.2) is 42.6 Å². The minimum Gasteiger partial charge on any atom is -0.494 e. The van der Waals surface area contributed by atoms with E-state index in [1.165, 1.54) is 32.4 Å².